The molecule has 21 heavy (non-hydrogen) atoms. The van der Waals surface area contributed by atoms with Gasteiger partial charge in [-0.05, 0) is 13.8 Å². The maximum absolute atomic E-state index is 12.6. The zero-order valence-corrected chi connectivity index (χ0v) is 13.1. The summed E-state index contributed by atoms with van der Waals surface area (Å²) in [5.74, 6) is 0.946. The van der Waals surface area contributed by atoms with E-state index >= 15 is 0 Å². The fraction of sp³-hybridized carbons (Fsp3) is 0.643. The summed E-state index contributed by atoms with van der Waals surface area (Å²) in [6.07, 6.45) is 0. The van der Waals surface area contributed by atoms with E-state index in [1.807, 2.05) is 25.3 Å². The van der Waals surface area contributed by atoms with Crippen LogP contribution in [0.2, 0.25) is 0 Å². The summed E-state index contributed by atoms with van der Waals surface area (Å²) in [5, 5.41) is 0. The number of fused-ring (bicyclic) bond motifs is 1. The highest BCUT2D eigenvalue weighted by atomic mass is 16.2. The number of aromatic nitrogens is 4. The van der Waals surface area contributed by atoms with Gasteiger partial charge in [-0.1, -0.05) is 13.8 Å². The Morgan fingerprint density at radius 1 is 1.10 bits per heavy atom. The van der Waals surface area contributed by atoms with Crippen molar-refractivity contribution in [2.24, 2.45) is 5.73 Å². The summed E-state index contributed by atoms with van der Waals surface area (Å²) in [5.41, 5.74) is 6.04. The minimum Gasteiger partial charge on any atom is -0.329 e. The quantitative estimate of drug-likeness (QED) is 0.868. The van der Waals surface area contributed by atoms with Crippen molar-refractivity contribution >= 4 is 11.2 Å². The summed E-state index contributed by atoms with van der Waals surface area (Å²) < 4.78 is 4.67. The van der Waals surface area contributed by atoms with Gasteiger partial charge in [-0.3, -0.25) is 13.9 Å². The van der Waals surface area contributed by atoms with E-state index in [4.69, 9.17) is 5.73 Å². The Hall–Kier alpha value is -1.89. The maximum atomic E-state index is 12.6. The summed E-state index contributed by atoms with van der Waals surface area (Å²) in [6.45, 7) is 9.46. The first-order valence-electron chi connectivity index (χ1n) is 7.41. The lowest BCUT2D eigenvalue weighted by molar-refractivity contribution is 0.600. The van der Waals surface area contributed by atoms with E-state index in [0.717, 1.165) is 5.82 Å². The van der Waals surface area contributed by atoms with Gasteiger partial charge < -0.3 is 10.3 Å². The first-order valence-corrected chi connectivity index (χ1v) is 7.41. The Morgan fingerprint density at radius 3 is 2.19 bits per heavy atom. The van der Waals surface area contributed by atoms with Crippen LogP contribution in [0, 0.1) is 0 Å². The zero-order valence-electron chi connectivity index (χ0n) is 13.1. The lowest BCUT2D eigenvalue weighted by Gasteiger charge is -2.11. The topological polar surface area (TPSA) is 87.8 Å². The molecule has 0 radical (unpaired) electrons. The van der Waals surface area contributed by atoms with Crippen LogP contribution in [0.3, 0.4) is 0 Å². The third-order valence-corrected chi connectivity index (χ3v) is 3.65. The average molecular weight is 293 g/mol. The Morgan fingerprint density at radius 2 is 1.71 bits per heavy atom. The molecule has 2 rings (SSSR count). The van der Waals surface area contributed by atoms with Gasteiger partial charge >= 0.3 is 5.69 Å². The third-order valence-electron chi connectivity index (χ3n) is 3.65. The molecule has 0 spiro atoms. The van der Waals surface area contributed by atoms with Gasteiger partial charge in [-0.2, -0.15) is 0 Å². The molecule has 0 fully saturated rings. The van der Waals surface area contributed by atoms with Gasteiger partial charge in [0.15, 0.2) is 11.2 Å². The number of hydrogen-bond acceptors (Lipinski definition) is 4. The van der Waals surface area contributed by atoms with Crippen molar-refractivity contribution in [3.8, 4) is 0 Å². The van der Waals surface area contributed by atoms with Crippen LogP contribution in [0.25, 0.3) is 11.2 Å². The average Bonchev–Trinajstić information content (AvgIpc) is 2.80. The van der Waals surface area contributed by atoms with Gasteiger partial charge in [0.05, 0.1) is 0 Å². The molecule has 7 heteroatoms. The number of aryl methyl sites for hydroxylation is 1. The van der Waals surface area contributed by atoms with E-state index in [-0.39, 0.29) is 17.2 Å². The predicted octanol–water partition coefficient (Wildman–Crippen LogP) is 0.482. The first-order chi connectivity index (χ1) is 9.97. The van der Waals surface area contributed by atoms with Crippen molar-refractivity contribution < 1.29 is 0 Å². The smallest absolute Gasteiger partial charge is 0.329 e. The largest absolute Gasteiger partial charge is 0.332 e. The number of nitrogens with two attached hydrogens (primary N) is 1. The molecule has 0 saturated carbocycles. The SMILES string of the molecule is CCn1c(=O)c2c(nc(C(C)C)n2CCN)n(CC)c1=O. The molecule has 2 aromatic rings. The lowest BCUT2D eigenvalue weighted by Crippen LogP contribution is -2.40. The molecule has 0 amide bonds. The van der Waals surface area contributed by atoms with Crippen LogP contribution in [0.5, 0.6) is 0 Å². The molecule has 2 heterocycles. The molecule has 0 unspecified atom stereocenters. The van der Waals surface area contributed by atoms with Crippen molar-refractivity contribution in [2.75, 3.05) is 6.54 Å². The van der Waals surface area contributed by atoms with Gasteiger partial charge in [0.2, 0.25) is 0 Å². The minimum atomic E-state index is -0.301. The molecule has 0 aliphatic carbocycles. The van der Waals surface area contributed by atoms with Gasteiger partial charge in [0.25, 0.3) is 5.56 Å². The van der Waals surface area contributed by atoms with Crippen molar-refractivity contribution in [3.63, 3.8) is 0 Å². The minimum absolute atomic E-state index is 0.152. The number of hydrogen-bond donors (Lipinski definition) is 1. The van der Waals surface area contributed by atoms with Crippen molar-refractivity contribution in [3.05, 3.63) is 26.7 Å². The van der Waals surface area contributed by atoms with E-state index in [1.165, 1.54) is 4.57 Å². The Kier molecular flexibility index (Phi) is 4.32. The van der Waals surface area contributed by atoms with Crippen LogP contribution in [-0.2, 0) is 19.6 Å². The maximum Gasteiger partial charge on any atom is 0.332 e. The Balaban J connectivity index is 3.02. The highest BCUT2D eigenvalue weighted by Gasteiger charge is 2.21. The van der Waals surface area contributed by atoms with E-state index < -0.39 is 0 Å². The lowest BCUT2D eigenvalue weighted by atomic mass is 10.2. The normalized spacial score (nSPS) is 11.7. The van der Waals surface area contributed by atoms with E-state index in [0.29, 0.717) is 37.3 Å². The van der Waals surface area contributed by atoms with Gasteiger partial charge in [0, 0.05) is 32.1 Å². The Labute approximate surface area is 123 Å². The number of nitrogens with zero attached hydrogens (tertiary/aromatic N) is 4. The van der Waals surface area contributed by atoms with Crippen molar-refractivity contribution in [2.45, 2.75) is 53.2 Å². The summed E-state index contributed by atoms with van der Waals surface area (Å²) in [4.78, 5) is 29.5. The second kappa shape index (κ2) is 5.85. The van der Waals surface area contributed by atoms with Gasteiger partial charge in [-0.25, -0.2) is 9.78 Å². The highest BCUT2D eigenvalue weighted by Crippen LogP contribution is 2.18. The second-order valence-corrected chi connectivity index (χ2v) is 5.31. The number of imidazole rings is 1. The molecule has 0 aliphatic rings. The van der Waals surface area contributed by atoms with Crippen molar-refractivity contribution in [1.29, 1.82) is 0 Å². The standard InChI is InChI=1S/C14H23N5O2/c1-5-17-12-10(13(20)18(6-2)14(17)21)19(8-7-15)11(16-12)9(3)4/h9H,5-8,15H2,1-4H3. The summed E-state index contributed by atoms with van der Waals surface area (Å²) in [6, 6.07) is 0. The molecule has 0 saturated heterocycles. The van der Waals surface area contributed by atoms with E-state index in [2.05, 4.69) is 4.98 Å². The summed E-state index contributed by atoms with van der Waals surface area (Å²) >= 11 is 0. The molecule has 0 atom stereocenters. The fourth-order valence-electron chi connectivity index (χ4n) is 2.67. The molecule has 0 bridgehead atoms. The molecule has 0 aliphatic heterocycles. The summed E-state index contributed by atoms with van der Waals surface area (Å²) in [7, 11) is 0. The highest BCUT2D eigenvalue weighted by molar-refractivity contribution is 5.71. The van der Waals surface area contributed by atoms with Crippen molar-refractivity contribution in [1.82, 2.24) is 18.7 Å². The van der Waals surface area contributed by atoms with Crippen LogP contribution >= 0.6 is 0 Å². The van der Waals surface area contributed by atoms with Gasteiger partial charge in [0.1, 0.15) is 5.82 Å². The van der Waals surface area contributed by atoms with Gasteiger partial charge in [-0.15, -0.1) is 0 Å². The second-order valence-electron chi connectivity index (χ2n) is 5.31. The molecule has 0 aromatic carbocycles. The molecular formula is C14H23N5O2. The third kappa shape index (κ3) is 2.31. The fourth-order valence-corrected chi connectivity index (χ4v) is 2.67. The number of rotatable bonds is 5. The molecular weight excluding hydrogens is 270 g/mol. The first kappa shape index (κ1) is 15.5. The van der Waals surface area contributed by atoms with Crippen LogP contribution in [0.15, 0.2) is 9.59 Å². The molecule has 2 N–H and O–H groups in total. The molecule has 116 valence electrons. The van der Waals surface area contributed by atoms with Crippen LogP contribution in [0.4, 0.5) is 0 Å². The van der Waals surface area contributed by atoms with Crippen LogP contribution in [-0.4, -0.2) is 25.2 Å². The van der Waals surface area contributed by atoms with E-state index in [9.17, 15) is 9.59 Å². The van der Waals surface area contributed by atoms with E-state index in [1.54, 1.807) is 11.5 Å². The van der Waals surface area contributed by atoms with Crippen LogP contribution in [0.1, 0.15) is 39.4 Å². The van der Waals surface area contributed by atoms with Crippen LogP contribution < -0.4 is 17.0 Å². The monoisotopic (exact) mass is 293 g/mol. The Bertz CT molecular complexity index is 766. The molecule has 7 nitrogen and oxygen atoms in total. The zero-order chi connectivity index (χ0) is 15.7. The predicted molar refractivity (Wildman–Crippen MR) is 82.7 cm³/mol. The molecule has 2 aromatic heterocycles.